The highest BCUT2D eigenvalue weighted by molar-refractivity contribution is 7.99. The van der Waals surface area contributed by atoms with Crippen molar-refractivity contribution in [3.63, 3.8) is 0 Å². The molecule has 148 valence electrons. The van der Waals surface area contributed by atoms with E-state index in [0.29, 0.717) is 0 Å². The molecule has 1 aliphatic rings. The number of aryl methyl sites for hydroxylation is 2. The Bertz CT molecular complexity index is 1000. The lowest BCUT2D eigenvalue weighted by Gasteiger charge is -2.27. The van der Waals surface area contributed by atoms with Gasteiger partial charge in [-0.25, -0.2) is 0 Å². The van der Waals surface area contributed by atoms with Crippen molar-refractivity contribution >= 4 is 23.4 Å². The SMILES string of the molecule is Cc1ccc(C)c(NC(=O)[C@@H]([NH2+][C@@H]2CCSc3ccccc32)c2ccccc2)c1. The van der Waals surface area contributed by atoms with Crippen molar-refractivity contribution < 1.29 is 10.1 Å². The van der Waals surface area contributed by atoms with Crippen LogP contribution in [0.4, 0.5) is 5.69 Å². The Hall–Kier alpha value is -2.56. The van der Waals surface area contributed by atoms with E-state index >= 15 is 0 Å². The van der Waals surface area contributed by atoms with Gasteiger partial charge in [0.05, 0.1) is 0 Å². The third-order valence-corrected chi connectivity index (χ3v) is 6.64. The molecule has 4 heteroatoms. The van der Waals surface area contributed by atoms with E-state index in [2.05, 4.69) is 47.0 Å². The molecule has 0 bridgehead atoms. The fraction of sp³-hybridized carbons (Fsp3) is 0.240. The van der Waals surface area contributed by atoms with Crippen molar-refractivity contribution in [3.8, 4) is 0 Å². The van der Waals surface area contributed by atoms with Gasteiger partial charge in [0.2, 0.25) is 0 Å². The number of hydrogen-bond donors (Lipinski definition) is 2. The van der Waals surface area contributed by atoms with Crippen molar-refractivity contribution in [3.05, 3.63) is 95.1 Å². The number of carbonyl (C=O) groups excluding carboxylic acids is 1. The summed E-state index contributed by atoms with van der Waals surface area (Å²) in [6.45, 7) is 4.08. The normalized spacial score (nSPS) is 16.7. The number of quaternary nitrogens is 1. The fourth-order valence-corrected chi connectivity index (χ4v) is 5.05. The number of hydrogen-bond acceptors (Lipinski definition) is 2. The predicted octanol–water partition coefficient (Wildman–Crippen LogP) is 4.78. The van der Waals surface area contributed by atoms with E-state index in [1.165, 1.54) is 10.5 Å². The smallest absolute Gasteiger partial charge is 0.287 e. The molecule has 0 unspecified atom stereocenters. The van der Waals surface area contributed by atoms with Crippen LogP contribution in [0.25, 0.3) is 0 Å². The number of amides is 1. The maximum Gasteiger partial charge on any atom is 0.287 e. The molecule has 0 aliphatic carbocycles. The molecule has 0 fully saturated rings. The van der Waals surface area contributed by atoms with E-state index in [1.807, 2.05) is 62.0 Å². The minimum Gasteiger partial charge on any atom is -0.326 e. The molecular weight excluding hydrogens is 376 g/mol. The molecular formula is C25H27N2OS+. The zero-order valence-electron chi connectivity index (χ0n) is 16.9. The number of thioether (sulfide) groups is 1. The topological polar surface area (TPSA) is 45.7 Å². The molecule has 0 saturated carbocycles. The number of nitrogens with two attached hydrogens (primary N) is 1. The minimum absolute atomic E-state index is 0.0283. The summed E-state index contributed by atoms with van der Waals surface area (Å²) in [6, 6.07) is 24.8. The number of rotatable bonds is 5. The van der Waals surface area contributed by atoms with Gasteiger partial charge in [0, 0.05) is 33.9 Å². The Morgan fingerprint density at radius 1 is 1.03 bits per heavy atom. The van der Waals surface area contributed by atoms with E-state index in [-0.39, 0.29) is 18.0 Å². The summed E-state index contributed by atoms with van der Waals surface area (Å²) >= 11 is 1.91. The Morgan fingerprint density at radius 3 is 2.62 bits per heavy atom. The summed E-state index contributed by atoms with van der Waals surface area (Å²) in [6.07, 6.45) is 1.06. The van der Waals surface area contributed by atoms with E-state index in [1.54, 1.807) is 0 Å². The van der Waals surface area contributed by atoms with Crippen LogP contribution in [0.5, 0.6) is 0 Å². The summed E-state index contributed by atoms with van der Waals surface area (Å²) < 4.78 is 0. The average Bonchev–Trinajstić information content (AvgIpc) is 2.75. The molecule has 0 saturated heterocycles. The van der Waals surface area contributed by atoms with E-state index in [0.717, 1.165) is 34.6 Å². The largest absolute Gasteiger partial charge is 0.326 e. The summed E-state index contributed by atoms with van der Waals surface area (Å²) in [5.41, 5.74) is 5.48. The van der Waals surface area contributed by atoms with Crippen LogP contribution in [0.15, 0.2) is 77.7 Å². The van der Waals surface area contributed by atoms with Gasteiger partial charge in [0.25, 0.3) is 5.91 Å². The molecule has 29 heavy (non-hydrogen) atoms. The summed E-state index contributed by atoms with van der Waals surface area (Å²) in [4.78, 5) is 14.7. The van der Waals surface area contributed by atoms with Gasteiger partial charge in [0.1, 0.15) is 6.04 Å². The van der Waals surface area contributed by atoms with Crippen LogP contribution in [0, 0.1) is 13.8 Å². The lowest BCUT2D eigenvalue weighted by Crippen LogP contribution is -2.88. The van der Waals surface area contributed by atoms with Crippen LogP contribution in [-0.2, 0) is 4.79 Å². The van der Waals surface area contributed by atoms with Crippen molar-refractivity contribution in [1.82, 2.24) is 0 Å². The molecule has 1 aliphatic heterocycles. The molecule has 0 spiro atoms. The molecule has 0 radical (unpaired) electrons. The molecule has 1 amide bonds. The van der Waals surface area contributed by atoms with E-state index < -0.39 is 0 Å². The van der Waals surface area contributed by atoms with E-state index in [9.17, 15) is 4.79 Å². The number of benzene rings is 3. The van der Waals surface area contributed by atoms with Gasteiger partial charge in [-0.3, -0.25) is 4.79 Å². The second kappa shape index (κ2) is 8.85. The first-order chi connectivity index (χ1) is 14.1. The molecule has 3 N–H and O–H groups in total. The lowest BCUT2D eigenvalue weighted by atomic mass is 9.99. The van der Waals surface area contributed by atoms with Crippen molar-refractivity contribution in [2.45, 2.75) is 37.2 Å². The molecule has 3 aromatic carbocycles. The zero-order valence-corrected chi connectivity index (χ0v) is 17.7. The summed E-state index contributed by atoms with van der Waals surface area (Å²) in [7, 11) is 0. The van der Waals surface area contributed by atoms with Crippen molar-refractivity contribution in [2.75, 3.05) is 11.1 Å². The fourth-order valence-electron chi connectivity index (χ4n) is 3.89. The van der Waals surface area contributed by atoms with Crippen LogP contribution in [0.3, 0.4) is 0 Å². The third-order valence-electron chi connectivity index (χ3n) is 5.52. The van der Waals surface area contributed by atoms with Gasteiger partial charge in [-0.15, -0.1) is 11.8 Å². The highest BCUT2D eigenvalue weighted by Gasteiger charge is 2.31. The Kier molecular flexibility index (Phi) is 6.02. The molecule has 4 rings (SSSR count). The molecule has 3 nitrogen and oxygen atoms in total. The van der Waals surface area contributed by atoms with Gasteiger partial charge in [-0.1, -0.05) is 60.7 Å². The first-order valence-corrected chi connectivity index (χ1v) is 11.1. The average molecular weight is 404 g/mol. The predicted molar refractivity (Wildman–Crippen MR) is 120 cm³/mol. The zero-order chi connectivity index (χ0) is 20.2. The Labute approximate surface area is 176 Å². The quantitative estimate of drug-likeness (QED) is 0.644. The standard InChI is InChI=1S/C25H26N2OS/c1-17-12-13-18(2)22(16-17)27-25(28)24(19-8-4-3-5-9-19)26-21-14-15-29-23-11-7-6-10-20(21)23/h3-13,16,21,24,26H,14-15H2,1-2H3,(H,27,28)/p+1/t21-,24+/m1/s1. The monoisotopic (exact) mass is 403 g/mol. The highest BCUT2D eigenvalue weighted by atomic mass is 32.2. The number of nitrogens with one attached hydrogen (secondary N) is 1. The van der Waals surface area contributed by atoms with Gasteiger partial charge < -0.3 is 10.6 Å². The first kappa shape index (κ1) is 19.7. The second-order valence-corrected chi connectivity index (χ2v) is 8.81. The minimum atomic E-state index is -0.294. The molecule has 2 atom stereocenters. The molecule has 0 aromatic heterocycles. The van der Waals surface area contributed by atoms with Crippen molar-refractivity contribution in [2.24, 2.45) is 0 Å². The van der Waals surface area contributed by atoms with Crippen LogP contribution in [0.2, 0.25) is 0 Å². The van der Waals surface area contributed by atoms with Crippen LogP contribution >= 0.6 is 11.8 Å². The van der Waals surface area contributed by atoms with Gasteiger partial charge in [0.15, 0.2) is 6.04 Å². The Morgan fingerprint density at radius 2 is 1.79 bits per heavy atom. The Balaban J connectivity index is 1.63. The first-order valence-electron chi connectivity index (χ1n) is 10.1. The van der Waals surface area contributed by atoms with Gasteiger partial charge >= 0.3 is 0 Å². The van der Waals surface area contributed by atoms with Crippen molar-refractivity contribution in [1.29, 1.82) is 0 Å². The molecule has 1 heterocycles. The maximum absolute atomic E-state index is 13.4. The van der Waals surface area contributed by atoms with E-state index in [4.69, 9.17) is 0 Å². The lowest BCUT2D eigenvalue weighted by molar-refractivity contribution is -0.722. The summed E-state index contributed by atoms with van der Waals surface area (Å²) in [5, 5.41) is 5.43. The number of anilines is 1. The van der Waals surface area contributed by atoms with Crippen LogP contribution in [-0.4, -0.2) is 11.7 Å². The number of carbonyl (C=O) groups is 1. The second-order valence-electron chi connectivity index (χ2n) is 7.67. The number of fused-ring (bicyclic) bond motifs is 1. The van der Waals surface area contributed by atoms with Gasteiger partial charge in [-0.2, -0.15) is 0 Å². The van der Waals surface area contributed by atoms with Crippen LogP contribution in [0.1, 0.15) is 40.8 Å². The third kappa shape index (κ3) is 4.55. The van der Waals surface area contributed by atoms with Gasteiger partial charge in [-0.05, 0) is 37.1 Å². The summed E-state index contributed by atoms with van der Waals surface area (Å²) in [5.74, 6) is 1.11. The maximum atomic E-state index is 13.4. The molecule has 3 aromatic rings. The van der Waals surface area contributed by atoms with Crippen LogP contribution < -0.4 is 10.6 Å². The highest BCUT2D eigenvalue weighted by Crippen LogP contribution is 2.34.